The van der Waals surface area contributed by atoms with E-state index >= 15 is 0 Å². The molecule has 2 rings (SSSR count). The third-order valence-corrected chi connectivity index (χ3v) is 3.11. The third kappa shape index (κ3) is 2.62. The number of rotatable bonds is 2. The fourth-order valence-corrected chi connectivity index (χ4v) is 1.98. The molecule has 0 amide bonds. The van der Waals surface area contributed by atoms with Gasteiger partial charge in [-0.25, -0.2) is 0 Å². The first-order chi connectivity index (χ1) is 7.25. The maximum absolute atomic E-state index is 3.56. The first-order valence-electron chi connectivity index (χ1n) is 5.76. The summed E-state index contributed by atoms with van der Waals surface area (Å²) in [7, 11) is 0. The zero-order chi connectivity index (χ0) is 10.7. The summed E-state index contributed by atoms with van der Waals surface area (Å²) in [6.45, 7) is 4.32. The lowest BCUT2D eigenvalue weighted by Crippen LogP contribution is -2.18. The summed E-state index contributed by atoms with van der Waals surface area (Å²) in [6, 6.07) is 7.12. The molecule has 1 atom stereocenters. The average molecular weight is 201 g/mol. The van der Waals surface area contributed by atoms with Crippen LogP contribution in [0.5, 0.6) is 0 Å². The van der Waals surface area contributed by atoms with Gasteiger partial charge in [-0.15, -0.1) is 0 Å². The van der Waals surface area contributed by atoms with Crippen LogP contribution in [0, 0.1) is 13.8 Å². The molecular formula is C14H19N. The molecule has 1 heteroatoms. The SMILES string of the molecule is Cc1ccc(NC2C=CCCC2)cc1C. The predicted molar refractivity (Wildman–Crippen MR) is 66.3 cm³/mol. The third-order valence-electron chi connectivity index (χ3n) is 3.11. The highest BCUT2D eigenvalue weighted by atomic mass is 14.9. The van der Waals surface area contributed by atoms with Gasteiger partial charge < -0.3 is 5.32 Å². The van der Waals surface area contributed by atoms with Gasteiger partial charge in [0.05, 0.1) is 0 Å². The molecule has 1 aliphatic rings. The molecule has 1 aromatic rings. The summed E-state index contributed by atoms with van der Waals surface area (Å²) in [5, 5.41) is 3.56. The highest BCUT2D eigenvalue weighted by Crippen LogP contribution is 2.19. The lowest BCUT2D eigenvalue weighted by atomic mass is 10.0. The zero-order valence-corrected chi connectivity index (χ0v) is 9.59. The summed E-state index contributed by atoms with van der Waals surface area (Å²) in [6.07, 6.45) is 8.37. The first-order valence-corrected chi connectivity index (χ1v) is 5.76. The van der Waals surface area contributed by atoms with Gasteiger partial charge in [0.15, 0.2) is 0 Å². The number of allylic oxidation sites excluding steroid dienone is 1. The lowest BCUT2D eigenvalue weighted by Gasteiger charge is -2.19. The number of anilines is 1. The van der Waals surface area contributed by atoms with E-state index in [-0.39, 0.29) is 0 Å². The quantitative estimate of drug-likeness (QED) is 0.717. The molecule has 80 valence electrons. The molecule has 0 heterocycles. The molecule has 1 unspecified atom stereocenters. The number of aryl methyl sites for hydroxylation is 2. The maximum atomic E-state index is 3.56. The van der Waals surface area contributed by atoms with Gasteiger partial charge in [0.25, 0.3) is 0 Å². The van der Waals surface area contributed by atoms with Crippen molar-refractivity contribution in [3.05, 3.63) is 41.5 Å². The van der Waals surface area contributed by atoms with Crippen LogP contribution >= 0.6 is 0 Å². The lowest BCUT2D eigenvalue weighted by molar-refractivity contribution is 0.673. The van der Waals surface area contributed by atoms with Crippen LogP contribution in [0.1, 0.15) is 30.4 Å². The van der Waals surface area contributed by atoms with Gasteiger partial charge in [-0.05, 0) is 56.4 Å². The Hall–Kier alpha value is -1.24. The van der Waals surface area contributed by atoms with Crippen molar-refractivity contribution in [3.8, 4) is 0 Å². The van der Waals surface area contributed by atoms with Crippen molar-refractivity contribution in [1.29, 1.82) is 0 Å². The molecular weight excluding hydrogens is 182 g/mol. The fraction of sp³-hybridized carbons (Fsp3) is 0.429. The minimum atomic E-state index is 0.529. The van der Waals surface area contributed by atoms with Gasteiger partial charge in [-0.1, -0.05) is 18.2 Å². The van der Waals surface area contributed by atoms with E-state index in [4.69, 9.17) is 0 Å². The number of benzene rings is 1. The Kier molecular flexibility index (Phi) is 3.10. The highest BCUT2D eigenvalue weighted by Gasteiger charge is 2.07. The Balaban J connectivity index is 2.07. The van der Waals surface area contributed by atoms with Crippen molar-refractivity contribution in [2.24, 2.45) is 0 Å². The van der Waals surface area contributed by atoms with E-state index in [1.165, 1.54) is 36.1 Å². The van der Waals surface area contributed by atoms with Crippen LogP contribution in [0.25, 0.3) is 0 Å². The van der Waals surface area contributed by atoms with Crippen LogP contribution in [0.4, 0.5) is 5.69 Å². The second-order valence-electron chi connectivity index (χ2n) is 4.41. The van der Waals surface area contributed by atoms with Crippen LogP contribution in [0.3, 0.4) is 0 Å². The van der Waals surface area contributed by atoms with E-state index < -0.39 is 0 Å². The van der Waals surface area contributed by atoms with E-state index in [2.05, 4.69) is 49.5 Å². The van der Waals surface area contributed by atoms with E-state index in [0.717, 1.165) is 0 Å². The Morgan fingerprint density at radius 3 is 2.73 bits per heavy atom. The van der Waals surface area contributed by atoms with Crippen LogP contribution in [-0.4, -0.2) is 6.04 Å². The van der Waals surface area contributed by atoms with Crippen LogP contribution in [0.15, 0.2) is 30.4 Å². The Morgan fingerprint density at radius 2 is 2.07 bits per heavy atom. The predicted octanol–water partition coefficient (Wildman–Crippen LogP) is 3.82. The van der Waals surface area contributed by atoms with E-state index in [0.29, 0.717) is 6.04 Å². The Bertz CT molecular complexity index is 366. The van der Waals surface area contributed by atoms with E-state index in [1.807, 2.05) is 0 Å². The van der Waals surface area contributed by atoms with Crippen LogP contribution < -0.4 is 5.32 Å². The zero-order valence-electron chi connectivity index (χ0n) is 9.59. The van der Waals surface area contributed by atoms with Gasteiger partial charge in [0, 0.05) is 11.7 Å². The van der Waals surface area contributed by atoms with Crippen molar-refractivity contribution >= 4 is 5.69 Å². The van der Waals surface area contributed by atoms with Gasteiger partial charge >= 0.3 is 0 Å². The summed E-state index contributed by atoms with van der Waals surface area (Å²) >= 11 is 0. The molecule has 15 heavy (non-hydrogen) atoms. The monoisotopic (exact) mass is 201 g/mol. The van der Waals surface area contributed by atoms with E-state index in [9.17, 15) is 0 Å². The average Bonchev–Trinajstić information content (AvgIpc) is 2.25. The Morgan fingerprint density at radius 1 is 1.20 bits per heavy atom. The molecule has 1 N–H and O–H groups in total. The summed E-state index contributed by atoms with van der Waals surface area (Å²) in [5.74, 6) is 0. The minimum absolute atomic E-state index is 0.529. The standard InChI is InChI=1S/C14H19N/c1-11-8-9-14(10-12(11)2)15-13-6-4-3-5-7-13/h4,6,8-10,13,15H,3,5,7H2,1-2H3. The molecule has 0 bridgehead atoms. The second kappa shape index (κ2) is 4.52. The van der Waals surface area contributed by atoms with Gasteiger partial charge in [0.1, 0.15) is 0 Å². The second-order valence-corrected chi connectivity index (χ2v) is 4.41. The van der Waals surface area contributed by atoms with Gasteiger partial charge in [-0.2, -0.15) is 0 Å². The van der Waals surface area contributed by atoms with Crippen molar-refractivity contribution in [2.45, 2.75) is 39.2 Å². The van der Waals surface area contributed by atoms with Crippen molar-refractivity contribution in [2.75, 3.05) is 5.32 Å². The molecule has 0 radical (unpaired) electrons. The number of hydrogen-bond acceptors (Lipinski definition) is 1. The fourth-order valence-electron chi connectivity index (χ4n) is 1.98. The number of hydrogen-bond donors (Lipinski definition) is 1. The molecule has 0 spiro atoms. The summed E-state index contributed by atoms with van der Waals surface area (Å²) in [4.78, 5) is 0. The topological polar surface area (TPSA) is 12.0 Å². The molecule has 1 aliphatic carbocycles. The Labute approximate surface area is 92.2 Å². The largest absolute Gasteiger partial charge is 0.379 e. The van der Waals surface area contributed by atoms with Crippen molar-refractivity contribution in [1.82, 2.24) is 0 Å². The summed E-state index contributed by atoms with van der Waals surface area (Å²) < 4.78 is 0. The molecule has 0 saturated heterocycles. The molecule has 0 fully saturated rings. The van der Waals surface area contributed by atoms with Crippen molar-refractivity contribution < 1.29 is 0 Å². The first kappa shape index (κ1) is 10.3. The smallest absolute Gasteiger partial charge is 0.0444 e. The number of nitrogens with one attached hydrogen (secondary N) is 1. The van der Waals surface area contributed by atoms with E-state index in [1.54, 1.807) is 0 Å². The maximum Gasteiger partial charge on any atom is 0.0444 e. The normalized spacial score (nSPS) is 20.3. The minimum Gasteiger partial charge on any atom is -0.379 e. The molecule has 0 aromatic heterocycles. The molecule has 0 aliphatic heterocycles. The summed E-state index contributed by atoms with van der Waals surface area (Å²) in [5.41, 5.74) is 3.97. The molecule has 0 saturated carbocycles. The highest BCUT2D eigenvalue weighted by molar-refractivity contribution is 5.49. The van der Waals surface area contributed by atoms with Gasteiger partial charge in [0.2, 0.25) is 0 Å². The van der Waals surface area contributed by atoms with Crippen LogP contribution in [-0.2, 0) is 0 Å². The molecule has 1 nitrogen and oxygen atoms in total. The van der Waals surface area contributed by atoms with Gasteiger partial charge in [-0.3, -0.25) is 0 Å². The van der Waals surface area contributed by atoms with Crippen LogP contribution in [0.2, 0.25) is 0 Å². The molecule has 1 aromatic carbocycles. The van der Waals surface area contributed by atoms with Crippen molar-refractivity contribution in [3.63, 3.8) is 0 Å².